The molecule has 1 atom stereocenters. The van der Waals surface area contributed by atoms with Gasteiger partial charge in [0.2, 0.25) is 0 Å². The Labute approximate surface area is 144 Å². The number of nitrogens with one attached hydrogen (secondary N) is 1. The van der Waals surface area contributed by atoms with Crippen molar-refractivity contribution in [2.45, 2.75) is 18.9 Å². The van der Waals surface area contributed by atoms with Crippen molar-refractivity contribution in [1.82, 2.24) is 14.9 Å². The van der Waals surface area contributed by atoms with Gasteiger partial charge >= 0.3 is 0 Å². The molecular weight excluding hydrogens is 321 g/mol. The smallest absolute Gasteiger partial charge is 0.261 e. The second-order valence-corrected chi connectivity index (χ2v) is 6.15. The van der Waals surface area contributed by atoms with Crippen LogP contribution >= 0.6 is 0 Å². The van der Waals surface area contributed by atoms with Gasteiger partial charge in [0.15, 0.2) is 11.9 Å². The number of carbonyl (C=O) groups excluding carboxylic acids is 1. The number of nitrogens with zero attached hydrogens (tertiary/aromatic N) is 2. The molecule has 4 rings (SSSR count). The van der Waals surface area contributed by atoms with E-state index >= 15 is 0 Å². The molecule has 0 fully saturated rings. The molecule has 2 heterocycles. The largest absolute Gasteiger partial charge is 0.480 e. The van der Waals surface area contributed by atoms with Crippen LogP contribution in [-0.4, -0.2) is 28.1 Å². The van der Waals surface area contributed by atoms with Crippen LogP contribution in [0.3, 0.4) is 0 Å². The maximum atomic E-state index is 13.8. The summed E-state index contributed by atoms with van der Waals surface area (Å²) < 4.78 is 21.3. The molecule has 1 aliphatic heterocycles. The van der Waals surface area contributed by atoms with Crippen molar-refractivity contribution in [3.8, 4) is 5.75 Å². The second-order valence-electron chi connectivity index (χ2n) is 6.15. The van der Waals surface area contributed by atoms with Gasteiger partial charge in [-0.2, -0.15) is 0 Å². The van der Waals surface area contributed by atoms with E-state index < -0.39 is 6.10 Å². The lowest BCUT2D eigenvalue weighted by atomic mass is 10.1. The number of hydrogen-bond donors (Lipinski definition) is 1. The highest BCUT2D eigenvalue weighted by molar-refractivity contribution is 5.82. The summed E-state index contributed by atoms with van der Waals surface area (Å²) in [5.74, 6) is 1.03. The zero-order valence-corrected chi connectivity index (χ0v) is 13.8. The third kappa shape index (κ3) is 2.84. The van der Waals surface area contributed by atoms with E-state index in [2.05, 4.69) is 10.3 Å². The van der Waals surface area contributed by atoms with Crippen molar-refractivity contribution < 1.29 is 13.9 Å². The molecule has 3 aromatic rings. The highest BCUT2D eigenvalue weighted by atomic mass is 19.1. The average molecular weight is 339 g/mol. The van der Waals surface area contributed by atoms with Crippen LogP contribution in [0.25, 0.3) is 11.0 Å². The van der Waals surface area contributed by atoms with Gasteiger partial charge in [-0.3, -0.25) is 4.79 Å². The Kier molecular flexibility index (Phi) is 3.87. The summed E-state index contributed by atoms with van der Waals surface area (Å²) in [5, 5.41) is 2.88. The van der Waals surface area contributed by atoms with Gasteiger partial charge in [0.1, 0.15) is 17.1 Å². The lowest BCUT2D eigenvalue weighted by Crippen LogP contribution is -2.38. The average Bonchev–Trinajstić information content (AvgIpc) is 3.18. The van der Waals surface area contributed by atoms with E-state index in [9.17, 15) is 9.18 Å². The van der Waals surface area contributed by atoms with Crippen LogP contribution < -0.4 is 10.1 Å². The molecular formula is C19H18FN3O2. The summed E-state index contributed by atoms with van der Waals surface area (Å²) >= 11 is 0. The van der Waals surface area contributed by atoms with Crippen LogP contribution in [0.15, 0.2) is 42.5 Å². The summed E-state index contributed by atoms with van der Waals surface area (Å²) in [5.41, 5.74) is 2.16. The van der Waals surface area contributed by atoms with E-state index in [4.69, 9.17) is 4.74 Å². The topological polar surface area (TPSA) is 56.2 Å². The number of aryl methyl sites for hydroxylation is 1. The quantitative estimate of drug-likeness (QED) is 0.794. The Hall–Kier alpha value is -2.89. The molecule has 0 saturated heterocycles. The van der Waals surface area contributed by atoms with Crippen LogP contribution in [0, 0.1) is 5.82 Å². The number of halogens is 1. The van der Waals surface area contributed by atoms with Gasteiger partial charge in [0, 0.05) is 26.4 Å². The number of benzene rings is 2. The number of ether oxygens (including phenoxy) is 1. The number of para-hydroxylation sites is 2. The molecule has 0 unspecified atom stereocenters. The summed E-state index contributed by atoms with van der Waals surface area (Å²) in [7, 11) is 1.85. The number of aromatic nitrogens is 2. The Balaban J connectivity index is 1.38. The fourth-order valence-corrected chi connectivity index (χ4v) is 3.19. The van der Waals surface area contributed by atoms with Crippen molar-refractivity contribution in [2.24, 2.45) is 7.05 Å². The maximum Gasteiger partial charge on any atom is 0.261 e. The normalized spacial score (nSPS) is 15.8. The van der Waals surface area contributed by atoms with E-state index in [-0.39, 0.29) is 11.7 Å². The first-order chi connectivity index (χ1) is 12.1. The van der Waals surface area contributed by atoms with Gasteiger partial charge in [0.05, 0.1) is 5.52 Å². The molecule has 0 aliphatic carbocycles. The van der Waals surface area contributed by atoms with Crippen LogP contribution in [-0.2, 0) is 24.7 Å². The van der Waals surface area contributed by atoms with Crippen LogP contribution in [0.4, 0.5) is 4.39 Å². The molecule has 0 saturated carbocycles. The van der Waals surface area contributed by atoms with Crippen molar-refractivity contribution in [1.29, 1.82) is 0 Å². The van der Waals surface area contributed by atoms with E-state index in [1.165, 1.54) is 6.07 Å². The van der Waals surface area contributed by atoms with Gasteiger partial charge in [-0.05, 0) is 23.8 Å². The molecule has 2 aromatic carbocycles. The number of hydrogen-bond acceptors (Lipinski definition) is 3. The minimum Gasteiger partial charge on any atom is -0.480 e. The van der Waals surface area contributed by atoms with Crippen molar-refractivity contribution >= 4 is 16.9 Å². The minimum atomic E-state index is -0.490. The fourth-order valence-electron chi connectivity index (χ4n) is 3.19. The van der Waals surface area contributed by atoms with Gasteiger partial charge in [-0.15, -0.1) is 0 Å². The van der Waals surface area contributed by atoms with Gasteiger partial charge in [0.25, 0.3) is 5.91 Å². The monoisotopic (exact) mass is 339 g/mol. The zero-order valence-electron chi connectivity index (χ0n) is 13.8. The Bertz CT molecular complexity index is 926. The molecule has 0 spiro atoms. The third-order valence-electron chi connectivity index (χ3n) is 4.54. The molecule has 0 bridgehead atoms. The number of amides is 1. The molecule has 5 nitrogen and oxygen atoms in total. The van der Waals surface area contributed by atoms with Crippen LogP contribution in [0.2, 0.25) is 0 Å². The van der Waals surface area contributed by atoms with Crippen molar-refractivity contribution in [3.63, 3.8) is 0 Å². The third-order valence-corrected chi connectivity index (χ3v) is 4.54. The molecule has 1 aromatic heterocycles. The summed E-state index contributed by atoms with van der Waals surface area (Å²) in [4.78, 5) is 16.6. The van der Waals surface area contributed by atoms with Crippen molar-refractivity contribution in [2.75, 3.05) is 6.54 Å². The summed E-state index contributed by atoms with van der Waals surface area (Å²) in [6.45, 7) is 0.424. The Morgan fingerprint density at radius 1 is 1.32 bits per heavy atom. The van der Waals surface area contributed by atoms with Crippen LogP contribution in [0.1, 0.15) is 11.4 Å². The molecule has 1 amide bonds. The van der Waals surface area contributed by atoms with Crippen molar-refractivity contribution in [3.05, 3.63) is 59.7 Å². The molecule has 1 aliphatic rings. The summed E-state index contributed by atoms with van der Waals surface area (Å²) in [6.07, 6.45) is 0.616. The zero-order chi connectivity index (χ0) is 17.4. The maximum absolute atomic E-state index is 13.8. The molecule has 0 radical (unpaired) electrons. The number of fused-ring (bicyclic) bond motifs is 2. The van der Waals surface area contributed by atoms with E-state index in [0.29, 0.717) is 24.9 Å². The highest BCUT2D eigenvalue weighted by Gasteiger charge is 2.28. The fraction of sp³-hybridized carbons (Fsp3) is 0.263. The van der Waals surface area contributed by atoms with Gasteiger partial charge in [-0.25, -0.2) is 9.37 Å². The first kappa shape index (κ1) is 15.6. The number of rotatable bonds is 4. The predicted molar refractivity (Wildman–Crippen MR) is 91.9 cm³/mol. The lowest BCUT2D eigenvalue weighted by Gasteiger charge is -2.11. The standard InChI is InChI=1S/C19H18FN3O2/c1-23-14-7-4-6-13(20)18(14)22-17(23)9-10-21-19(24)16-11-12-5-2-3-8-15(12)25-16/h2-8,16H,9-11H2,1H3,(H,21,24)/t16-/m0/s1. The number of carbonyl (C=O) groups is 1. The van der Waals surface area contributed by atoms with Crippen LogP contribution in [0.5, 0.6) is 5.75 Å². The predicted octanol–water partition coefficient (Wildman–Crippen LogP) is 2.37. The molecule has 25 heavy (non-hydrogen) atoms. The van der Waals surface area contributed by atoms with E-state index in [1.54, 1.807) is 6.07 Å². The lowest BCUT2D eigenvalue weighted by molar-refractivity contribution is -0.127. The second kappa shape index (κ2) is 6.20. The van der Waals surface area contributed by atoms with E-state index in [1.807, 2.05) is 41.9 Å². The van der Waals surface area contributed by atoms with Gasteiger partial charge in [-0.1, -0.05) is 24.3 Å². The molecule has 6 heteroatoms. The summed E-state index contributed by atoms with van der Waals surface area (Å²) in [6, 6.07) is 12.6. The first-order valence-corrected chi connectivity index (χ1v) is 8.25. The Morgan fingerprint density at radius 3 is 2.96 bits per heavy atom. The first-order valence-electron chi connectivity index (χ1n) is 8.25. The highest BCUT2D eigenvalue weighted by Crippen LogP contribution is 2.28. The SMILES string of the molecule is Cn1c(CCNC(=O)[C@@H]2Cc3ccccc3O2)nc2c(F)cccc21. The van der Waals surface area contributed by atoms with E-state index in [0.717, 1.165) is 22.7 Å². The van der Waals surface area contributed by atoms with Gasteiger partial charge < -0.3 is 14.6 Å². The molecule has 128 valence electrons. The minimum absolute atomic E-state index is 0.138. The molecule has 1 N–H and O–H groups in total. The Morgan fingerprint density at radius 2 is 2.16 bits per heavy atom. The number of imidazole rings is 1.